The first-order chi connectivity index (χ1) is 12.1. The molecule has 2 nitrogen and oxygen atoms in total. The van der Waals surface area contributed by atoms with Gasteiger partial charge in [-0.2, -0.15) is 0 Å². The highest BCUT2D eigenvalue weighted by Crippen LogP contribution is 2.44. The molecule has 1 unspecified atom stereocenters. The average molecular weight is 348 g/mol. The van der Waals surface area contributed by atoms with Gasteiger partial charge in [0.25, 0.3) is 0 Å². The Labute approximate surface area is 146 Å². The van der Waals surface area contributed by atoms with E-state index >= 15 is 0 Å². The van der Waals surface area contributed by atoms with E-state index in [4.69, 9.17) is 5.73 Å². The molecule has 0 radical (unpaired) electrons. The molecule has 1 aliphatic rings. The molecule has 134 valence electrons. The monoisotopic (exact) mass is 348 g/mol. The van der Waals surface area contributed by atoms with Crippen molar-refractivity contribution >= 4 is 0 Å². The van der Waals surface area contributed by atoms with Crippen LogP contribution in [0.25, 0.3) is 11.3 Å². The summed E-state index contributed by atoms with van der Waals surface area (Å²) in [6.07, 6.45) is 0.977. The maximum absolute atomic E-state index is 13.8. The summed E-state index contributed by atoms with van der Waals surface area (Å²) in [5, 5.41) is 0. The summed E-state index contributed by atoms with van der Waals surface area (Å²) in [5.41, 5.74) is 9.21. The number of aromatic nitrogens is 1. The standard InChI is InChI=1S/C20H23F3N2/c1-13-2-4-14(5-3-13)19-16-6-7-20(11-22,12-23)17(16)8-18(25-19)15(9-21)10-24/h2-5,8,15H,6-7,9-12,24H2,1H3. The number of aryl methyl sites for hydroxylation is 1. The molecule has 1 atom stereocenters. The minimum absolute atomic E-state index is 0.105. The van der Waals surface area contributed by atoms with E-state index in [9.17, 15) is 13.2 Å². The largest absolute Gasteiger partial charge is 0.330 e. The van der Waals surface area contributed by atoms with Crippen molar-refractivity contribution in [2.24, 2.45) is 5.73 Å². The van der Waals surface area contributed by atoms with E-state index in [0.717, 1.165) is 16.7 Å². The number of nitrogens with zero attached hydrogens (tertiary/aromatic N) is 1. The van der Waals surface area contributed by atoms with E-state index in [1.165, 1.54) is 0 Å². The molecule has 3 rings (SSSR count). The van der Waals surface area contributed by atoms with Gasteiger partial charge in [-0.25, -0.2) is 0 Å². The third kappa shape index (κ3) is 3.06. The zero-order valence-corrected chi connectivity index (χ0v) is 14.4. The topological polar surface area (TPSA) is 38.9 Å². The van der Waals surface area contributed by atoms with Crippen LogP contribution in [0.4, 0.5) is 13.2 Å². The number of hydrogen-bond acceptors (Lipinski definition) is 2. The predicted octanol–water partition coefficient (Wildman–Crippen LogP) is 4.19. The molecular weight excluding hydrogens is 325 g/mol. The van der Waals surface area contributed by atoms with Crippen molar-refractivity contribution in [1.29, 1.82) is 0 Å². The van der Waals surface area contributed by atoms with E-state index in [1.54, 1.807) is 6.07 Å². The molecule has 0 spiro atoms. The molecule has 5 heteroatoms. The van der Waals surface area contributed by atoms with Crippen LogP contribution >= 0.6 is 0 Å². The minimum atomic E-state index is -1.14. The highest BCUT2D eigenvalue weighted by atomic mass is 19.1. The van der Waals surface area contributed by atoms with Gasteiger partial charge in [-0.15, -0.1) is 0 Å². The molecule has 0 aliphatic heterocycles. The Kier molecular flexibility index (Phi) is 5.13. The summed E-state index contributed by atoms with van der Waals surface area (Å²) in [6, 6.07) is 9.51. The Bertz CT molecular complexity index is 735. The Morgan fingerprint density at radius 2 is 1.84 bits per heavy atom. The van der Waals surface area contributed by atoms with E-state index in [1.807, 2.05) is 31.2 Å². The summed E-state index contributed by atoms with van der Waals surface area (Å²) in [5.74, 6) is -0.563. The van der Waals surface area contributed by atoms with Crippen molar-refractivity contribution in [1.82, 2.24) is 4.98 Å². The van der Waals surface area contributed by atoms with Gasteiger partial charge in [0.2, 0.25) is 0 Å². The van der Waals surface area contributed by atoms with Crippen LogP contribution in [0.2, 0.25) is 0 Å². The molecule has 1 aliphatic carbocycles. The van der Waals surface area contributed by atoms with Crippen LogP contribution in [0.3, 0.4) is 0 Å². The molecular formula is C20H23F3N2. The normalized spacial score (nSPS) is 16.7. The number of benzene rings is 1. The van der Waals surface area contributed by atoms with Gasteiger partial charge >= 0.3 is 0 Å². The quantitative estimate of drug-likeness (QED) is 0.850. The van der Waals surface area contributed by atoms with Crippen molar-refractivity contribution in [3.63, 3.8) is 0 Å². The number of fused-ring (bicyclic) bond motifs is 1. The van der Waals surface area contributed by atoms with Crippen LogP contribution in [0.5, 0.6) is 0 Å². The van der Waals surface area contributed by atoms with Crippen molar-refractivity contribution in [3.05, 3.63) is 52.7 Å². The maximum atomic E-state index is 13.8. The van der Waals surface area contributed by atoms with Crippen LogP contribution in [-0.2, 0) is 11.8 Å². The second-order valence-corrected chi connectivity index (χ2v) is 6.92. The summed E-state index contributed by atoms with van der Waals surface area (Å²) >= 11 is 0. The number of halogens is 3. The highest BCUT2D eigenvalue weighted by molar-refractivity contribution is 5.67. The van der Waals surface area contributed by atoms with Gasteiger partial charge in [0.15, 0.2) is 0 Å². The van der Waals surface area contributed by atoms with Crippen molar-refractivity contribution in [2.75, 3.05) is 26.6 Å². The minimum Gasteiger partial charge on any atom is -0.330 e. The predicted molar refractivity (Wildman–Crippen MR) is 94.1 cm³/mol. The molecule has 2 N–H and O–H groups in total. The second kappa shape index (κ2) is 7.16. The average Bonchev–Trinajstić information content (AvgIpc) is 3.02. The SMILES string of the molecule is Cc1ccc(-c2nc(C(CN)CF)cc3c2CCC3(CF)CF)cc1. The lowest BCUT2D eigenvalue weighted by Crippen LogP contribution is -2.29. The first-order valence-electron chi connectivity index (χ1n) is 8.58. The maximum Gasteiger partial charge on any atom is 0.102 e. The fraction of sp³-hybridized carbons (Fsp3) is 0.450. The lowest BCUT2D eigenvalue weighted by molar-refractivity contribution is 0.237. The lowest BCUT2D eigenvalue weighted by Gasteiger charge is -2.25. The summed E-state index contributed by atoms with van der Waals surface area (Å²) in [6.45, 7) is -0.0863. The van der Waals surface area contributed by atoms with Gasteiger partial charge in [-0.3, -0.25) is 18.2 Å². The van der Waals surface area contributed by atoms with Crippen molar-refractivity contribution < 1.29 is 13.2 Å². The summed E-state index contributed by atoms with van der Waals surface area (Å²) in [4.78, 5) is 4.66. The third-order valence-corrected chi connectivity index (χ3v) is 5.29. The Morgan fingerprint density at radius 1 is 1.16 bits per heavy atom. The molecule has 0 saturated carbocycles. The highest BCUT2D eigenvalue weighted by Gasteiger charge is 2.41. The van der Waals surface area contributed by atoms with Crippen molar-refractivity contribution in [3.8, 4) is 11.3 Å². The molecule has 2 aromatic rings. The Hall–Kier alpha value is -1.88. The van der Waals surface area contributed by atoms with Gasteiger partial charge in [0.1, 0.15) is 13.3 Å². The van der Waals surface area contributed by atoms with Gasteiger partial charge in [0, 0.05) is 23.7 Å². The zero-order valence-electron chi connectivity index (χ0n) is 14.4. The fourth-order valence-corrected chi connectivity index (χ4v) is 3.55. The molecule has 1 aromatic carbocycles. The lowest BCUT2D eigenvalue weighted by atomic mass is 9.83. The van der Waals surface area contributed by atoms with Crippen LogP contribution in [-0.4, -0.2) is 31.6 Å². The molecule has 1 aromatic heterocycles. The number of pyridine rings is 1. The van der Waals surface area contributed by atoms with E-state index in [0.29, 0.717) is 29.8 Å². The van der Waals surface area contributed by atoms with Gasteiger partial charge < -0.3 is 5.73 Å². The molecule has 1 heterocycles. The smallest absolute Gasteiger partial charge is 0.102 e. The van der Waals surface area contributed by atoms with Crippen molar-refractivity contribution in [2.45, 2.75) is 31.1 Å². The number of alkyl halides is 3. The van der Waals surface area contributed by atoms with Crippen LogP contribution < -0.4 is 5.73 Å². The number of hydrogen-bond donors (Lipinski definition) is 1. The second-order valence-electron chi connectivity index (χ2n) is 6.92. The van der Waals surface area contributed by atoms with Crippen LogP contribution in [0.1, 0.15) is 34.7 Å². The Balaban J connectivity index is 2.22. The molecule has 0 bridgehead atoms. The van der Waals surface area contributed by atoms with E-state index in [2.05, 4.69) is 4.98 Å². The fourth-order valence-electron chi connectivity index (χ4n) is 3.55. The summed E-state index contributed by atoms with van der Waals surface area (Å²) < 4.78 is 40.9. The first kappa shape index (κ1) is 17.9. The summed E-state index contributed by atoms with van der Waals surface area (Å²) in [7, 11) is 0. The van der Waals surface area contributed by atoms with E-state index in [-0.39, 0.29) is 6.54 Å². The third-order valence-electron chi connectivity index (χ3n) is 5.29. The molecule has 0 fully saturated rings. The Morgan fingerprint density at radius 3 is 2.40 bits per heavy atom. The molecule has 0 saturated heterocycles. The number of rotatable bonds is 6. The van der Waals surface area contributed by atoms with Crippen LogP contribution in [0, 0.1) is 6.92 Å². The number of nitrogens with two attached hydrogens (primary N) is 1. The van der Waals surface area contributed by atoms with Crippen LogP contribution in [0.15, 0.2) is 30.3 Å². The van der Waals surface area contributed by atoms with Gasteiger partial charge in [0.05, 0.1) is 17.8 Å². The molecule has 0 amide bonds. The van der Waals surface area contributed by atoms with E-state index < -0.39 is 31.4 Å². The first-order valence-corrected chi connectivity index (χ1v) is 8.58. The van der Waals surface area contributed by atoms with Gasteiger partial charge in [-0.1, -0.05) is 29.8 Å². The van der Waals surface area contributed by atoms with Gasteiger partial charge in [-0.05, 0) is 37.0 Å². The zero-order chi connectivity index (χ0) is 18.0. The molecule has 25 heavy (non-hydrogen) atoms.